The Bertz CT molecular complexity index is 127. The monoisotopic (exact) mass is 183 g/mol. The first-order valence-electron chi connectivity index (χ1n) is 5.89. The molecule has 1 nitrogen and oxygen atoms in total. The molecule has 1 fully saturated rings. The zero-order valence-electron chi connectivity index (χ0n) is 9.47. The zero-order valence-corrected chi connectivity index (χ0v) is 9.47. The van der Waals surface area contributed by atoms with E-state index in [2.05, 4.69) is 26.2 Å². The summed E-state index contributed by atoms with van der Waals surface area (Å²) in [5.41, 5.74) is 0. The minimum Gasteiger partial charge on any atom is -0.317 e. The number of hydrogen-bond acceptors (Lipinski definition) is 1. The summed E-state index contributed by atoms with van der Waals surface area (Å²) in [5.74, 6) is 1.94. The normalized spacial score (nSPS) is 19.4. The molecule has 1 saturated carbocycles. The van der Waals surface area contributed by atoms with Crippen molar-refractivity contribution in [3.05, 3.63) is 0 Å². The zero-order chi connectivity index (χ0) is 9.68. The molecule has 13 heavy (non-hydrogen) atoms. The van der Waals surface area contributed by atoms with E-state index in [-0.39, 0.29) is 0 Å². The molecule has 1 rings (SSSR count). The van der Waals surface area contributed by atoms with Crippen molar-refractivity contribution in [2.24, 2.45) is 11.8 Å². The van der Waals surface area contributed by atoms with Gasteiger partial charge < -0.3 is 5.32 Å². The molecule has 0 heterocycles. The summed E-state index contributed by atoms with van der Waals surface area (Å²) < 4.78 is 0. The van der Waals surface area contributed by atoms with Crippen LogP contribution in [-0.2, 0) is 0 Å². The van der Waals surface area contributed by atoms with Crippen LogP contribution in [0.25, 0.3) is 0 Å². The minimum absolute atomic E-state index is 0.797. The van der Waals surface area contributed by atoms with Gasteiger partial charge in [-0.15, -0.1) is 0 Å². The lowest BCUT2D eigenvalue weighted by atomic mass is 10.00. The van der Waals surface area contributed by atoms with Crippen molar-refractivity contribution in [1.29, 1.82) is 0 Å². The van der Waals surface area contributed by atoms with Crippen molar-refractivity contribution in [1.82, 2.24) is 5.32 Å². The van der Waals surface area contributed by atoms with Gasteiger partial charge in [-0.05, 0) is 31.7 Å². The van der Waals surface area contributed by atoms with Crippen molar-refractivity contribution in [2.45, 2.75) is 58.4 Å². The van der Waals surface area contributed by atoms with Crippen LogP contribution in [-0.4, -0.2) is 13.1 Å². The molecule has 0 radical (unpaired) electrons. The van der Waals surface area contributed by atoms with Crippen LogP contribution in [0.3, 0.4) is 0 Å². The summed E-state index contributed by atoms with van der Waals surface area (Å²) >= 11 is 0. The van der Waals surface area contributed by atoms with Crippen LogP contribution in [0.1, 0.15) is 52.4 Å². The van der Waals surface area contributed by atoms with Crippen LogP contribution >= 0.6 is 0 Å². The molecule has 0 aromatic carbocycles. The molecule has 0 aromatic rings. The molecule has 0 bridgehead atoms. The van der Waals surface area contributed by atoms with Gasteiger partial charge in [-0.25, -0.2) is 0 Å². The fourth-order valence-electron chi connectivity index (χ4n) is 1.91. The van der Waals surface area contributed by atoms with Gasteiger partial charge in [0, 0.05) is 6.04 Å². The molecule has 0 saturated heterocycles. The average molecular weight is 183 g/mol. The predicted molar refractivity (Wildman–Crippen MR) is 58.9 cm³/mol. The molecular weight excluding hydrogens is 158 g/mol. The highest BCUT2D eigenvalue weighted by molar-refractivity contribution is 4.79. The molecule has 1 heteroatoms. The third-order valence-corrected chi connectivity index (χ3v) is 3.06. The second kappa shape index (κ2) is 5.64. The Morgan fingerprint density at radius 2 is 1.92 bits per heavy atom. The highest BCUT2D eigenvalue weighted by atomic mass is 14.9. The van der Waals surface area contributed by atoms with Crippen LogP contribution in [0.5, 0.6) is 0 Å². The molecule has 1 aliphatic carbocycles. The lowest BCUT2D eigenvalue weighted by Gasteiger charge is -2.16. The molecule has 1 N–H and O–H groups in total. The maximum Gasteiger partial charge on any atom is 0.00667 e. The van der Waals surface area contributed by atoms with Gasteiger partial charge in [0.05, 0.1) is 0 Å². The molecule has 0 spiro atoms. The van der Waals surface area contributed by atoms with E-state index in [9.17, 15) is 0 Å². The molecule has 0 amide bonds. The van der Waals surface area contributed by atoms with Crippen LogP contribution in [0, 0.1) is 11.8 Å². The lowest BCUT2D eigenvalue weighted by molar-refractivity contribution is 0.425. The number of nitrogens with one attached hydrogen (secondary N) is 1. The van der Waals surface area contributed by atoms with E-state index in [0.29, 0.717) is 0 Å². The van der Waals surface area contributed by atoms with Crippen molar-refractivity contribution < 1.29 is 0 Å². The summed E-state index contributed by atoms with van der Waals surface area (Å²) in [4.78, 5) is 0. The minimum atomic E-state index is 0.797. The van der Waals surface area contributed by atoms with E-state index in [4.69, 9.17) is 0 Å². The second-order valence-corrected chi connectivity index (χ2v) is 4.99. The first kappa shape index (κ1) is 11.0. The smallest absolute Gasteiger partial charge is 0.00667 e. The molecule has 1 aliphatic rings. The molecule has 0 aromatic heterocycles. The van der Waals surface area contributed by atoms with E-state index in [1.165, 1.54) is 38.5 Å². The van der Waals surface area contributed by atoms with Gasteiger partial charge in [0.2, 0.25) is 0 Å². The Labute approximate surface area is 83.3 Å². The fourth-order valence-corrected chi connectivity index (χ4v) is 1.91. The van der Waals surface area contributed by atoms with Gasteiger partial charge in [-0.1, -0.05) is 39.5 Å². The first-order chi connectivity index (χ1) is 6.22. The Kier molecular flexibility index (Phi) is 4.79. The Balaban J connectivity index is 2.01. The lowest BCUT2D eigenvalue weighted by Crippen LogP contribution is -2.25. The molecular formula is C12H25N. The standard InChI is InChI=1S/C12H25N/c1-10(2)5-4-6-12(13-3)9-11-7-8-11/h10-13H,4-9H2,1-3H3. The van der Waals surface area contributed by atoms with E-state index >= 15 is 0 Å². The molecule has 0 aliphatic heterocycles. The molecule has 78 valence electrons. The summed E-state index contributed by atoms with van der Waals surface area (Å²) in [6.45, 7) is 4.63. The van der Waals surface area contributed by atoms with Gasteiger partial charge in [0.25, 0.3) is 0 Å². The van der Waals surface area contributed by atoms with Crippen LogP contribution in [0.2, 0.25) is 0 Å². The van der Waals surface area contributed by atoms with E-state index in [1.807, 2.05) is 0 Å². The maximum atomic E-state index is 3.45. The highest BCUT2D eigenvalue weighted by Crippen LogP contribution is 2.34. The van der Waals surface area contributed by atoms with Crippen molar-refractivity contribution in [3.63, 3.8) is 0 Å². The highest BCUT2D eigenvalue weighted by Gasteiger charge is 2.24. The number of hydrogen-bond donors (Lipinski definition) is 1. The Morgan fingerprint density at radius 3 is 2.38 bits per heavy atom. The van der Waals surface area contributed by atoms with Crippen molar-refractivity contribution in [3.8, 4) is 0 Å². The van der Waals surface area contributed by atoms with Crippen LogP contribution < -0.4 is 5.32 Å². The second-order valence-electron chi connectivity index (χ2n) is 4.99. The first-order valence-corrected chi connectivity index (χ1v) is 5.89. The summed E-state index contributed by atoms with van der Waals surface area (Å²) in [7, 11) is 2.11. The van der Waals surface area contributed by atoms with Crippen molar-refractivity contribution in [2.75, 3.05) is 7.05 Å². The van der Waals surface area contributed by atoms with Crippen LogP contribution in [0.4, 0.5) is 0 Å². The van der Waals surface area contributed by atoms with Gasteiger partial charge in [-0.3, -0.25) is 0 Å². The van der Waals surface area contributed by atoms with Gasteiger partial charge in [0.15, 0.2) is 0 Å². The van der Waals surface area contributed by atoms with E-state index in [0.717, 1.165) is 17.9 Å². The third-order valence-electron chi connectivity index (χ3n) is 3.06. The topological polar surface area (TPSA) is 12.0 Å². The molecule has 1 unspecified atom stereocenters. The quantitative estimate of drug-likeness (QED) is 0.639. The van der Waals surface area contributed by atoms with E-state index < -0.39 is 0 Å². The average Bonchev–Trinajstić information content (AvgIpc) is 2.86. The fraction of sp³-hybridized carbons (Fsp3) is 1.00. The Hall–Kier alpha value is -0.0400. The van der Waals surface area contributed by atoms with Gasteiger partial charge >= 0.3 is 0 Å². The summed E-state index contributed by atoms with van der Waals surface area (Å²) in [6.07, 6.45) is 8.57. The van der Waals surface area contributed by atoms with Gasteiger partial charge in [-0.2, -0.15) is 0 Å². The van der Waals surface area contributed by atoms with Crippen LogP contribution in [0.15, 0.2) is 0 Å². The predicted octanol–water partition coefficient (Wildman–Crippen LogP) is 3.20. The SMILES string of the molecule is CNC(CCCC(C)C)CC1CC1. The summed E-state index contributed by atoms with van der Waals surface area (Å²) in [6, 6.07) is 0.797. The van der Waals surface area contributed by atoms with Gasteiger partial charge in [0.1, 0.15) is 0 Å². The number of rotatable bonds is 7. The largest absolute Gasteiger partial charge is 0.317 e. The molecule has 1 atom stereocenters. The Morgan fingerprint density at radius 1 is 1.23 bits per heavy atom. The maximum absolute atomic E-state index is 3.45. The van der Waals surface area contributed by atoms with E-state index in [1.54, 1.807) is 0 Å². The van der Waals surface area contributed by atoms with Crippen molar-refractivity contribution >= 4 is 0 Å². The summed E-state index contributed by atoms with van der Waals surface area (Å²) in [5, 5.41) is 3.45. The third kappa shape index (κ3) is 5.30.